The average molecular weight is 303 g/mol. The summed E-state index contributed by atoms with van der Waals surface area (Å²) in [7, 11) is 0. The molecule has 1 aromatic carbocycles. The topological polar surface area (TPSA) is 21.3 Å². The number of thiophene rings is 1. The second-order valence-corrected chi connectivity index (χ2v) is 6.64. The van der Waals surface area contributed by atoms with Crippen molar-refractivity contribution in [3.63, 3.8) is 0 Å². The molecule has 2 rings (SSSR count). The predicted octanol–water partition coefficient (Wildman–Crippen LogP) is 4.39. The van der Waals surface area contributed by atoms with Crippen molar-refractivity contribution in [3.8, 4) is 5.75 Å². The number of benzene rings is 1. The zero-order valence-corrected chi connectivity index (χ0v) is 14.0. The molecule has 0 unspecified atom stereocenters. The molecule has 0 aliphatic carbocycles. The Morgan fingerprint density at radius 3 is 2.76 bits per heavy atom. The molecule has 0 aliphatic rings. The van der Waals surface area contributed by atoms with Gasteiger partial charge in [-0.15, -0.1) is 11.3 Å². The first-order valence-corrected chi connectivity index (χ1v) is 8.51. The molecule has 0 saturated carbocycles. The number of nitrogens with one attached hydrogen (secondary N) is 1. The Balaban J connectivity index is 1.69. The molecule has 0 amide bonds. The minimum atomic E-state index is 0.539. The minimum Gasteiger partial charge on any atom is -0.492 e. The first kappa shape index (κ1) is 16.1. The van der Waals surface area contributed by atoms with Crippen LogP contribution in [-0.2, 0) is 6.42 Å². The second-order valence-electron chi connectivity index (χ2n) is 5.61. The third-order valence-corrected chi connectivity index (χ3v) is 4.48. The van der Waals surface area contributed by atoms with Gasteiger partial charge in [0.15, 0.2) is 0 Å². The fourth-order valence-electron chi connectivity index (χ4n) is 2.16. The number of hydrogen-bond donors (Lipinski definition) is 1. The summed E-state index contributed by atoms with van der Waals surface area (Å²) in [4.78, 5) is 1.43. The Morgan fingerprint density at radius 2 is 2.05 bits per heavy atom. The van der Waals surface area contributed by atoms with Gasteiger partial charge in [0, 0.05) is 18.0 Å². The number of ether oxygens (including phenoxy) is 1. The number of aryl methyl sites for hydroxylation is 1. The monoisotopic (exact) mass is 303 g/mol. The summed E-state index contributed by atoms with van der Waals surface area (Å²) in [5.74, 6) is 1.55. The first-order valence-electron chi connectivity index (χ1n) is 7.63. The van der Waals surface area contributed by atoms with Gasteiger partial charge in [-0.3, -0.25) is 0 Å². The van der Waals surface area contributed by atoms with Crippen LogP contribution in [0.4, 0.5) is 0 Å². The summed E-state index contributed by atoms with van der Waals surface area (Å²) in [6.45, 7) is 9.13. The van der Waals surface area contributed by atoms with Gasteiger partial charge in [-0.1, -0.05) is 32.0 Å². The molecule has 1 aromatic heterocycles. The third kappa shape index (κ3) is 5.18. The second kappa shape index (κ2) is 8.20. The fourth-order valence-corrected chi connectivity index (χ4v) is 2.86. The molecule has 2 nitrogen and oxygen atoms in total. The highest BCUT2D eigenvalue weighted by molar-refractivity contribution is 7.09. The largest absolute Gasteiger partial charge is 0.492 e. The van der Waals surface area contributed by atoms with Crippen molar-refractivity contribution in [3.05, 3.63) is 51.7 Å². The van der Waals surface area contributed by atoms with E-state index in [4.69, 9.17) is 4.74 Å². The lowest BCUT2D eigenvalue weighted by Gasteiger charge is -2.13. The lowest BCUT2D eigenvalue weighted by molar-refractivity contribution is 0.312. The summed E-state index contributed by atoms with van der Waals surface area (Å²) in [5.41, 5.74) is 2.54. The molecule has 0 saturated heterocycles. The van der Waals surface area contributed by atoms with E-state index in [1.54, 1.807) is 0 Å². The zero-order chi connectivity index (χ0) is 15.1. The van der Waals surface area contributed by atoms with Crippen LogP contribution < -0.4 is 10.1 Å². The number of rotatable bonds is 8. The van der Waals surface area contributed by atoms with Crippen LogP contribution in [0.2, 0.25) is 0 Å². The lowest BCUT2D eigenvalue weighted by Crippen LogP contribution is -2.23. The Hall–Kier alpha value is -1.32. The summed E-state index contributed by atoms with van der Waals surface area (Å²) >= 11 is 1.82. The van der Waals surface area contributed by atoms with Crippen LogP contribution in [0, 0.1) is 6.92 Å². The lowest BCUT2D eigenvalue weighted by atomic mass is 10.0. The molecule has 0 atom stereocenters. The molecule has 0 bridgehead atoms. The first-order chi connectivity index (χ1) is 10.2. The van der Waals surface area contributed by atoms with Crippen LogP contribution in [0.15, 0.2) is 35.7 Å². The van der Waals surface area contributed by atoms with E-state index in [0.717, 1.165) is 25.3 Å². The van der Waals surface area contributed by atoms with E-state index in [9.17, 15) is 0 Å². The SMILES string of the molecule is Cc1ccc(C(C)C)cc1OCCNCCc1cccs1. The highest BCUT2D eigenvalue weighted by atomic mass is 32.1. The molecule has 0 spiro atoms. The highest BCUT2D eigenvalue weighted by Gasteiger charge is 2.04. The van der Waals surface area contributed by atoms with Crippen molar-refractivity contribution >= 4 is 11.3 Å². The minimum absolute atomic E-state index is 0.539. The van der Waals surface area contributed by atoms with E-state index in [1.807, 2.05) is 11.3 Å². The Kier molecular flexibility index (Phi) is 6.27. The maximum Gasteiger partial charge on any atom is 0.122 e. The van der Waals surface area contributed by atoms with Gasteiger partial charge in [-0.05, 0) is 47.9 Å². The number of hydrogen-bond acceptors (Lipinski definition) is 3. The van der Waals surface area contributed by atoms with Crippen molar-refractivity contribution in [1.82, 2.24) is 5.32 Å². The standard InChI is InChI=1S/C18H25NOS/c1-14(2)16-7-6-15(3)18(13-16)20-11-10-19-9-8-17-5-4-12-21-17/h4-7,12-14,19H,8-11H2,1-3H3. The molecule has 21 heavy (non-hydrogen) atoms. The normalized spacial score (nSPS) is 11.0. The van der Waals surface area contributed by atoms with Crippen LogP contribution in [-0.4, -0.2) is 19.7 Å². The molecule has 1 heterocycles. The van der Waals surface area contributed by atoms with E-state index in [-0.39, 0.29) is 0 Å². The Labute approximate surface area is 132 Å². The highest BCUT2D eigenvalue weighted by Crippen LogP contribution is 2.24. The Morgan fingerprint density at radius 1 is 1.19 bits per heavy atom. The van der Waals surface area contributed by atoms with E-state index >= 15 is 0 Å². The molecule has 0 radical (unpaired) electrons. The van der Waals surface area contributed by atoms with Crippen LogP contribution >= 0.6 is 11.3 Å². The van der Waals surface area contributed by atoms with E-state index in [2.05, 4.69) is 61.8 Å². The van der Waals surface area contributed by atoms with Gasteiger partial charge in [-0.2, -0.15) is 0 Å². The van der Waals surface area contributed by atoms with Gasteiger partial charge in [0.25, 0.3) is 0 Å². The van der Waals surface area contributed by atoms with Gasteiger partial charge >= 0.3 is 0 Å². The van der Waals surface area contributed by atoms with Crippen molar-refractivity contribution in [2.75, 3.05) is 19.7 Å². The van der Waals surface area contributed by atoms with Gasteiger partial charge in [0.2, 0.25) is 0 Å². The van der Waals surface area contributed by atoms with Gasteiger partial charge in [0.05, 0.1) is 0 Å². The van der Waals surface area contributed by atoms with Crippen LogP contribution in [0.25, 0.3) is 0 Å². The van der Waals surface area contributed by atoms with E-state index < -0.39 is 0 Å². The molecule has 0 aliphatic heterocycles. The fraction of sp³-hybridized carbons (Fsp3) is 0.444. The average Bonchev–Trinajstić information content (AvgIpc) is 2.97. The molecule has 2 aromatic rings. The van der Waals surface area contributed by atoms with Crippen LogP contribution in [0.3, 0.4) is 0 Å². The van der Waals surface area contributed by atoms with Crippen molar-refractivity contribution in [2.24, 2.45) is 0 Å². The summed E-state index contributed by atoms with van der Waals surface area (Å²) < 4.78 is 5.90. The van der Waals surface area contributed by atoms with Crippen molar-refractivity contribution < 1.29 is 4.74 Å². The molecular weight excluding hydrogens is 278 g/mol. The van der Waals surface area contributed by atoms with Crippen molar-refractivity contribution in [1.29, 1.82) is 0 Å². The molecule has 0 fully saturated rings. The van der Waals surface area contributed by atoms with Crippen molar-refractivity contribution in [2.45, 2.75) is 33.1 Å². The summed E-state index contributed by atoms with van der Waals surface area (Å²) in [6, 6.07) is 10.8. The maximum absolute atomic E-state index is 5.90. The van der Waals surface area contributed by atoms with E-state index in [0.29, 0.717) is 12.5 Å². The Bertz CT molecular complexity index is 534. The van der Waals surface area contributed by atoms with Gasteiger partial charge in [0.1, 0.15) is 12.4 Å². The smallest absolute Gasteiger partial charge is 0.122 e. The van der Waals surface area contributed by atoms with Crippen LogP contribution in [0.1, 0.15) is 35.8 Å². The third-order valence-electron chi connectivity index (χ3n) is 3.54. The summed E-state index contributed by atoms with van der Waals surface area (Å²) in [6.07, 6.45) is 1.10. The molecule has 3 heteroatoms. The molecule has 114 valence electrons. The predicted molar refractivity (Wildman–Crippen MR) is 91.7 cm³/mol. The van der Waals surface area contributed by atoms with E-state index in [1.165, 1.54) is 16.0 Å². The van der Waals surface area contributed by atoms with Crippen LogP contribution in [0.5, 0.6) is 5.75 Å². The van der Waals surface area contributed by atoms with Gasteiger partial charge < -0.3 is 10.1 Å². The maximum atomic E-state index is 5.90. The molecular formula is C18H25NOS. The zero-order valence-electron chi connectivity index (χ0n) is 13.2. The quantitative estimate of drug-likeness (QED) is 0.730. The summed E-state index contributed by atoms with van der Waals surface area (Å²) in [5, 5.41) is 5.56. The molecule has 1 N–H and O–H groups in total. The van der Waals surface area contributed by atoms with Gasteiger partial charge in [-0.25, -0.2) is 0 Å².